The second kappa shape index (κ2) is 13.5. The van der Waals surface area contributed by atoms with Gasteiger partial charge in [-0.05, 0) is 55.5 Å². The van der Waals surface area contributed by atoms with Gasteiger partial charge in [-0.25, -0.2) is 0 Å². The number of nitrogens with one attached hydrogen (secondary N) is 1. The molecular weight excluding hydrogens is 491 g/mol. The fraction of sp³-hybridized carbons (Fsp3) is 0.333. The molecule has 0 heterocycles. The third kappa shape index (κ3) is 8.11. The van der Waals surface area contributed by atoms with Gasteiger partial charge in [0.2, 0.25) is 11.8 Å². The number of carbonyl (C=O) groups excluding carboxylic acids is 2. The highest BCUT2D eigenvalue weighted by molar-refractivity contribution is 6.42. The summed E-state index contributed by atoms with van der Waals surface area (Å²) in [6.45, 7) is 6.30. The van der Waals surface area contributed by atoms with Crippen molar-refractivity contribution in [2.24, 2.45) is 0 Å². The zero-order valence-corrected chi connectivity index (χ0v) is 22.6. The van der Waals surface area contributed by atoms with Crippen molar-refractivity contribution >= 4 is 35.0 Å². The third-order valence-corrected chi connectivity index (χ3v) is 7.10. The van der Waals surface area contributed by atoms with Gasteiger partial charge >= 0.3 is 0 Å². The van der Waals surface area contributed by atoms with E-state index in [9.17, 15) is 9.59 Å². The molecule has 2 amide bonds. The summed E-state index contributed by atoms with van der Waals surface area (Å²) in [5.74, 6) is -0.237. The molecule has 6 heteroatoms. The maximum Gasteiger partial charge on any atom is 0.243 e. The fourth-order valence-corrected chi connectivity index (χ4v) is 4.30. The van der Waals surface area contributed by atoms with E-state index in [1.54, 1.807) is 17.0 Å². The number of amides is 2. The lowest BCUT2D eigenvalue weighted by Crippen LogP contribution is -2.52. The summed E-state index contributed by atoms with van der Waals surface area (Å²) in [5, 5.41) is 3.96. The molecule has 0 saturated heterocycles. The van der Waals surface area contributed by atoms with Crippen LogP contribution in [0.15, 0.2) is 72.8 Å². The SMILES string of the molecule is CC[C@@H](C)NC(=O)[C@@H](Cc1ccccc1)N(Cc1ccc(Cl)c(Cl)c1)C(=O)CCc1ccc(C)cc1. The van der Waals surface area contributed by atoms with Crippen LogP contribution in [0.2, 0.25) is 10.0 Å². The molecule has 36 heavy (non-hydrogen) atoms. The average molecular weight is 526 g/mol. The van der Waals surface area contributed by atoms with Crippen LogP contribution in [0, 0.1) is 6.92 Å². The molecule has 190 valence electrons. The van der Waals surface area contributed by atoms with E-state index in [1.165, 1.54) is 5.56 Å². The van der Waals surface area contributed by atoms with Crippen LogP contribution in [-0.2, 0) is 29.0 Å². The molecule has 0 bridgehead atoms. The average Bonchev–Trinajstić information content (AvgIpc) is 2.88. The Balaban J connectivity index is 1.92. The number of benzene rings is 3. The number of hydrogen-bond acceptors (Lipinski definition) is 2. The monoisotopic (exact) mass is 524 g/mol. The Bertz CT molecular complexity index is 1150. The third-order valence-electron chi connectivity index (χ3n) is 6.36. The Labute approximate surface area is 224 Å². The van der Waals surface area contributed by atoms with Crippen molar-refractivity contribution in [3.63, 3.8) is 0 Å². The van der Waals surface area contributed by atoms with Crippen molar-refractivity contribution < 1.29 is 9.59 Å². The minimum atomic E-state index is -0.665. The molecule has 3 aromatic carbocycles. The zero-order valence-electron chi connectivity index (χ0n) is 21.1. The number of nitrogens with zero attached hydrogens (tertiary/aromatic N) is 1. The maximum atomic E-state index is 13.7. The lowest BCUT2D eigenvalue weighted by atomic mass is 10.0. The number of rotatable bonds is 11. The van der Waals surface area contributed by atoms with Gasteiger partial charge in [-0.3, -0.25) is 9.59 Å². The van der Waals surface area contributed by atoms with Crippen LogP contribution in [0.1, 0.15) is 48.9 Å². The number of hydrogen-bond donors (Lipinski definition) is 1. The first kappa shape index (κ1) is 27.8. The Kier molecular flexibility index (Phi) is 10.4. The summed E-state index contributed by atoms with van der Waals surface area (Å²) in [6, 6.07) is 22.7. The quantitative estimate of drug-likeness (QED) is 0.300. The molecule has 3 rings (SSSR count). The predicted molar refractivity (Wildman–Crippen MR) is 148 cm³/mol. The zero-order chi connectivity index (χ0) is 26.1. The summed E-state index contributed by atoms with van der Waals surface area (Å²) < 4.78 is 0. The normalized spacial score (nSPS) is 12.6. The highest BCUT2D eigenvalue weighted by Crippen LogP contribution is 2.25. The summed E-state index contributed by atoms with van der Waals surface area (Å²) in [4.78, 5) is 28.9. The molecule has 3 aromatic rings. The van der Waals surface area contributed by atoms with Crippen LogP contribution in [0.4, 0.5) is 0 Å². The van der Waals surface area contributed by atoms with E-state index in [0.29, 0.717) is 29.3 Å². The first-order valence-corrected chi connectivity index (χ1v) is 13.2. The maximum absolute atomic E-state index is 13.7. The Morgan fingerprint density at radius 3 is 2.19 bits per heavy atom. The van der Waals surface area contributed by atoms with Gasteiger partial charge in [0.1, 0.15) is 6.04 Å². The van der Waals surface area contributed by atoms with Gasteiger partial charge in [0.15, 0.2) is 0 Å². The van der Waals surface area contributed by atoms with Crippen molar-refractivity contribution in [2.75, 3.05) is 0 Å². The van der Waals surface area contributed by atoms with E-state index >= 15 is 0 Å². The second-order valence-electron chi connectivity index (χ2n) is 9.28. The van der Waals surface area contributed by atoms with Crippen LogP contribution < -0.4 is 5.32 Å². The Morgan fingerprint density at radius 1 is 0.889 bits per heavy atom. The highest BCUT2D eigenvalue weighted by Gasteiger charge is 2.30. The molecule has 0 radical (unpaired) electrons. The smallest absolute Gasteiger partial charge is 0.243 e. The molecule has 0 aliphatic rings. The summed E-state index contributed by atoms with van der Waals surface area (Å²) in [6.07, 6.45) is 2.12. The van der Waals surface area contributed by atoms with Crippen molar-refractivity contribution in [2.45, 2.75) is 65.1 Å². The largest absolute Gasteiger partial charge is 0.352 e. The molecule has 0 aliphatic carbocycles. The molecule has 2 atom stereocenters. The summed E-state index contributed by atoms with van der Waals surface area (Å²) in [5.41, 5.74) is 4.08. The van der Waals surface area contributed by atoms with Crippen LogP contribution in [0.5, 0.6) is 0 Å². The molecule has 0 aromatic heterocycles. The lowest BCUT2D eigenvalue weighted by molar-refractivity contribution is -0.141. The first-order chi connectivity index (χ1) is 17.3. The van der Waals surface area contributed by atoms with E-state index in [0.717, 1.165) is 23.1 Å². The topological polar surface area (TPSA) is 49.4 Å². The van der Waals surface area contributed by atoms with Gasteiger partial charge < -0.3 is 10.2 Å². The van der Waals surface area contributed by atoms with Gasteiger partial charge in [-0.1, -0.05) is 96.4 Å². The molecule has 4 nitrogen and oxygen atoms in total. The fourth-order valence-electron chi connectivity index (χ4n) is 3.98. The van der Waals surface area contributed by atoms with Crippen molar-refractivity contribution in [1.82, 2.24) is 10.2 Å². The molecule has 0 spiro atoms. The molecule has 1 N–H and O–H groups in total. The first-order valence-electron chi connectivity index (χ1n) is 12.4. The summed E-state index contributed by atoms with van der Waals surface area (Å²) in [7, 11) is 0. The van der Waals surface area contributed by atoms with E-state index in [4.69, 9.17) is 23.2 Å². The van der Waals surface area contributed by atoms with Crippen molar-refractivity contribution in [1.29, 1.82) is 0 Å². The van der Waals surface area contributed by atoms with E-state index in [2.05, 4.69) is 5.32 Å². The van der Waals surface area contributed by atoms with Crippen molar-refractivity contribution in [3.05, 3.63) is 105 Å². The number of halogens is 2. The van der Waals surface area contributed by atoms with Crippen LogP contribution in [-0.4, -0.2) is 28.8 Å². The minimum absolute atomic E-state index is 0.00487. The standard InChI is InChI=1S/C30H34Cl2N2O2/c1-4-22(3)33-30(36)28(19-24-8-6-5-7-9-24)34(20-25-14-16-26(31)27(32)18-25)29(35)17-15-23-12-10-21(2)11-13-23/h5-14,16,18,22,28H,4,15,17,19-20H2,1-3H3,(H,33,36)/t22-,28-/m1/s1. The van der Waals surface area contributed by atoms with Crippen molar-refractivity contribution in [3.8, 4) is 0 Å². The Hall–Kier alpha value is -2.82. The van der Waals surface area contributed by atoms with Gasteiger partial charge in [-0.2, -0.15) is 0 Å². The van der Waals surface area contributed by atoms with Gasteiger partial charge in [0, 0.05) is 25.4 Å². The lowest BCUT2D eigenvalue weighted by Gasteiger charge is -2.32. The molecule has 0 aliphatic heterocycles. The Morgan fingerprint density at radius 2 is 1.56 bits per heavy atom. The minimum Gasteiger partial charge on any atom is -0.352 e. The van der Waals surface area contributed by atoms with E-state index in [1.807, 2.05) is 81.4 Å². The number of aryl methyl sites for hydroxylation is 2. The van der Waals surface area contributed by atoms with Gasteiger partial charge in [-0.15, -0.1) is 0 Å². The van der Waals surface area contributed by atoms with Crippen LogP contribution in [0.25, 0.3) is 0 Å². The van der Waals surface area contributed by atoms with Crippen LogP contribution in [0.3, 0.4) is 0 Å². The van der Waals surface area contributed by atoms with Gasteiger partial charge in [0.05, 0.1) is 10.0 Å². The highest BCUT2D eigenvalue weighted by atomic mass is 35.5. The summed E-state index contributed by atoms with van der Waals surface area (Å²) >= 11 is 12.4. The van der Waals surface area contributed by atoms with E-state index in [-0.39, 0.29) is 24.4 Å². The van der Waals surface area contributed by atoms with Crippen LogP contribution >= 0.6 is 23.2 Å². The second-order valence-corrected chi connectivity index (χ2v) is 10.1. The predicted octanol–water partition coefficient (Wildman–Crippen LogP) is 6.79. The molecule has 0 saturated carbocycles. The molecule has 0 unspecified atom stereocenters. The number of carbonyl (C=O) groups is 2. The molecular formula is C30H34Cl2N2O2. The molecule has 0 fully saturated rings. The van der Waals surface area contributed by atoms with Gasteiger partial charge in [0.25, 0.3) is 0 Å². The van der Waals surface area contributed by atoms with E-state index < -0.39 is 6.04 Å².